The SMILES string of the molecule is COC(=O)c1cc(NC(=O)CS[C@@H](C)C(=O)Nc2cc(C)on2)c(F)cc1F. The van der Waals surface area contributed by atoms with Crippen molar-refractivity contribution in [2.24, 2.45) is 0 Å². The molecule has 1 heterocycles. The Morgan fingerprint density at radius 2 is 1.93 bits per heavy atom. The van der Waals surface area contributed by atoms with Gasteiger partial charge in [-0.1, -0.05) is 5.16 Å². The van der Waals surface area contributed by atoms with Gasteiger partial charge < -0.3 is 19.9 Å². The van der Waals surface area contributed by atoms with Crippen LogP contribution >= 0.6 is 11.8 Å². The molecule has 0 aliphatic carbocycles. The van der Waals surface area contributed by atoms with E-state index in [2.05, 4.69) is 20.5 Å². The molecule has 0 fully saturated rings. The highest BCUT2D eigenvalue weighted by Crippen LogP contribution is 2.21. The van der Waals surface area contributed by atoms with E-state index >= 15 is 0 Å². The van der Waals surface area contributed by atoms with Gasteiger partial charge in [-0.15, -0.1) is 11.8 Å². The smallest absolute Gasteiger partial charge is 0.340 e. The summed E-state index contributed by atoms with van der Waals surface area (Å²) in [5.74, 6) is -3.59. The predicted octanol–water partition coefficient (Wildman–Crippen LogP) is 2.75. The molecule has 0 unspecified atom stereocenters. The number of carbonyl (C=O) groups excluding carboxylic acids is 3. The third-order valence-electron chi connectivity index (χ3n) is 3.45. The van der Waals surface area contributed by atoms with Gasteiger partial charge in [-0.2, -0.15) is 0 Å². The lowest BCUT2D eigenvalue weighted by atomic mass is 10.1. The van der Waals surface area contributed by atoms with E-state index < -0.39 is 40.2 Å². The summed E-state index contributed by atoms with van der Waals surface area (Å²) in [6.45, 7) is 3.25. The average molecular weight is 413 g/mol. The van der Waals surface area contributed by atoms with E-state index in [0.717, 1.165) is 24.9 Å². The molecule has 1 atom stereocenters. The Hall–Kier alpha value is -2.95. The van der Waals surface area contributed by atoms with Gasteiger partial charge in [0.15, 0.2) is 5.82 Å². The second-order valence-electron chi connectivity index (χ2n) is 5.62. The summed E-state index contributed by atoms with van der Waals surface area (Å²) < 4.78 is 36.7. The molecular weight excluding hydrogens is 396 g/mol. The average Bonchev–Trinajstić information content (AvgIpc) is 3.05. The van der Waals surface area contributed by atoms with E-state index in [1.165, 1.54) is 6.07 Å². The standard InChI is InChI=1S/C17H17F2N3O5S/c1-8-4-14(22-27-8)21-16(24)9(2)28-7-15(23)20-13-5-10(17(25)26-3)11(18)6-12(13)19/h4-6,9H,7H2,1-3H3,(H,20,23)(H,21,22,24)/t9-/m0/s1. The highest BCUT2D eigenvalue weighted by molar-refractivity contribution is 8.01. The quantitative estimate of drug-likeness (QED) is 0.672. The van der Waals surface area contributed by atoms with Crippen LogP contribution in [-0.2, 0) is 14.3 Å². The number of nitrogens with one attached hydrogen (secondary N) is 2. The fourth-order valence-electron chi connectivity index (χ4n) is 2.03. The zero-order valence-electron chi connectivity index (χ0n) is 15.2. The maximum absolute atomic E-state index is 13.8. The molecule has 0 aliphatic rings. The Kier molecular flexibility index (Phi) is 7.10. The summed E-state index contributed by atoms with van der Waals surface area (Å²) in [7, 11) is 1.05. The van der Waals surface area contributed by atoms with Crippen molar-refractivity contribution in [1.29, 1.82) is 0 Å². The first-order chi connectivity index (χ1) is 13.2. The van der Waals surface area contributed by atoms with Crippen molar-refractivity contribution in [3.8, 4) is 0 Å². The number of anilines is 2. The van der Waals surface area contributed by atoms with Crippen molar-refractivity contribution < 1.29 is 32.4 Å². The number of methoxy groups -OCH3 is 1. The molecule has 28 heavy (non-hydrogen) atoms. The first kappa shape index (κ1) is 21.4. The van der Waals surface area contributed by atoms with Gasteiger partial charge in [0.2, 0.25) is 11.8 Å². The molecule has 8 nitrogen and oxygen atoms in total. The van der Waals surface area contributed by atoms with Crippen LogP contribution in [0, 0.1) is 18.6 Å². The monoisotopic (exact) mass is 413 g/mol. The van der Waals surface area contributed by atoms with Crippen LogP contribution < -0.4 is 10.6 Å². The number of benzene rings is 1. The number of nitrogens with zero attached hydrogens (tertiary/aromatic N) is 1. The molecule has 1 aromatic carbocycles. The minimum atomic E-state index is -1.11. The number of ether oxygens (including phenoxy) is 1. The summed E-state index contributed by atoms with van der Waals surface area (Å²) >= 11 is 0.991. The van der Waals surface area contributed by atoms with Crippen molar-refractivity contribution in [2.75, 3.05) is 23.5 Å². The molecule has 0 aliphatic heterocycles. The number of halogens is 2. The van der Waals surface area contributed by atoms with Crippen molar-refractivity contribution >= 4 is 41.1 Å². The molecule has 1 aromatic heterocycles. The van der Waals surface area contributed by atoms with Crippen LogP contribution in [0.15, 0.2) is 22.7 Å². The highest BCUT2D eigenvalue weighted by Gasteiger charge is 2.20. The molecule has 0 saturated carbocycles. The molecule has 0 bridgehead atoms. The van der Waals surface area contributed by atoms with Crippen LogP contribution in [0.4, 0.5) is 20.3 Å². The zero-order valence-corrected chi connectivity index (χ0v) is 16.0. The third-order valence-corrected chi connectivity index (χ3v) is 4.59. The van der Waals surface area contributed by atoms with Crippen molar-refractivity contribution in [1.82, 2.24) is 5.16 Å². The van der Waals surface area contributed by atoms with Gasteiger partial charge in [-0.3, -0.25) is 9.59 Å². The summed E-state index contributed by atoms with van der Waals surface area (Å²) in [4.78, 5) is 35.5. The number of esters is 1. The molecular formula is C17H17F2N3O5S. The van der Waals surface area contributed by atoms with E-state index in [1.54, 1.807) is 13.8 Å². The number of carbonyl (C=O) groups is 3. The van der Waals surface area contributed by atoms with Crippen molar-refractivity contribution in [3.63, 3.8) is 0 Å². The summed E-state index contributed by atoms with van der Waals surface area (Å²) in [5, 5.41) is 7.78. The van der Waals surface area contributed by atoms with E-state index in [4.69, 9.17) is 4.52 Å². The van der Waals surface area contributed by atoms with Gasteiger partial charge in [-0.05, 0) is 19.9 Å². The van der Waals surface area contributed by atoms with Crippen LogP contribution in [0.2, 0.25) is 0 Å². The fraction of sp³-hybridized carbons (Fsp3) is 0.294. The lowest BCUT2D eigenvalue weighted by molar-refractivity contribution is -0.115. The zero-order chi connectivity index (χ0) is 20.8. The van der Waals surface area contributed by atoms with Crippen molar-refractivity contribution in [3.05, 3.63) is 41.2 Å². The first-order valence-corrected chi connectivity index (χ1v) is 8.99. The van der Waals surface area contributed by atoms with Crippen LogP contribution in [0.5, 0.6) is 0 Å². The van der Waals surface area contributed by atoms with Crippen LogP contribution in [-0.4, -0.2) is 41.1 Å². The van der Waals surface area contributed by atoms with E-state index in [9.17, 15) is 23.2 Å². The third kappa shape index (κ3) is 5.52. The number of hydrogen-bond acceptors (Lipinski definition) is 7. The first-order valence-electron chi connectivity index (χ1n) is 7.94. The molecule has 0 saturated heterocycles. The Labute approximate surface area is 163 Å². The molecule has 150 valence electrons. The summed E-state index contributed by atoms with van der Waals surface area (Å²) in [5.41, 5.74) is -0.884. The van der Waals surface area contributed by atoms with Gasteiger partial charge in [-0.25, -0.2) is 13.6 Å². The Balaban J connectivity index is 1.93. The number of hydrogen-bond donors (Lipinski definition) is 2. The van der Waals surface area contributed by atoms with Gasteiger partial charge in [0, 0.05) is 12.1 Å². The maximum atomic E-state index is 13.8. The molecule has 2 N–H and O–H groups in total. The highest BCUT2D eigenvalue weighted by atomic mass is 32.2. The van der Waals surface area contributed by atoms with E-state index in [0.29, 0.717) is 11.8 Å². The number of rotatable bonds is 7. The summed E-state index contributed by atoms with van der Waals surface area (Å²) in [6.07, 6.45) is 0. The van der Waals surface area contributed by atoms with Gasteiger partial charge in [0.1, 0.15) is 17.4 Å². The van der Waals surface area contributed by atoms with Crippen LogP contribution in [0.3, 0.4) is 0 Å². The minimum absolute atomic E-state index is 0.184. The normalized spacial score (nSPS) is 11.6. The number of aromatic nitrogens is 1. The van der Waals surface area contributed by atoms with Gasteiger partial charge in [0.25, 0.3) is 0 Å². The topological polar surface area (TPSA) is 111 Å². The lowest BCUT2D eigenvalue weighted by Gasteiger charge is -2.12. The number of amides is 2. The molecule has 2 amide bonds. The molecule has 2 rings (SSSR count). The molecule has 0 spiro atoms. The van der Waals surface area contributed by atoms with Crippen LogP contribution in [0.25, 0.3) is 0 Å². The van der Waals surface area contributed by atoms with Gasteiger partial charge >= 0.3 is 5.97 Å². The van der Waals surface area contributed by atoms with E-state index in [-0.39, 0.29) is 17.3 Å². The maximum Gasteiger partial charge on any atom is 0.340 e. The lowest BCUT2D eigenvalue weighted by Crippen LogP contribution is -2.25. The van der Waals surface area contributed by atoms with Crippen molar-refractivity contribution in [2.45, 2.75) is 19.1 Å². The molecule has 2 aromatic rings. The second kappa shape index (κ2) is 9.31. The summed E-state index contributed by atoms with van der Waals surface area (Å²) in [6, 6.07) is 2.87. The number of aryl methyl sites for hydroxylation is 1. The van der Waals surface area contributed by atoms with Crippen LogP contribution in [0.1, 0.15) is 23.0 Å². The van der Waals surface area contributed by atoms with Gasteiger partial charge in [0.05, 0.1) is 29.4 Å². The molecule has 0 radical (unpaired) electrons. The second-order valence-corrected chi connectivity index (χ2v) is 6.95. The Morgan fingerprint density at radius 1 is 1.21 bits per heavy atom. The molecule has 11 heteroatoms. The fourth-order valence-corrected chi connectivity index (χ4v) is 2.71. The largest absolute Gasteiger partial charge is 0.465 e. The van der Waals surface area contributed by atoms with E-state index in [1.807, 2.05) is 0 Å². The number of thioether (sulfide) groups is 1. The predicted molar refractivity (Wildman–Crippen MR) is 98.1 cm³/mol. The minimum Gasteiger partial charge on any atom is -0.465 e. The Bertz CT molecular complexity index is 903. The Morgan fingerprint density at radius 3 is 2.54 bits per heavy atom.